The molecular formula is C22H16N4O6S. The van der Waals surface area contributed by atoms with Gasteiger partial charge in [0.2, 0.25) is 10.9 Å². The fraction of sp³-hybridized carbons (Fsp3) is 0.182. The van der Waals surface area contributed by atoms with Gasteiger partial charge in [-0.2, -0.15) is 0 Å². The number of carbonyl (C=O) groups is 1. The number of anilines is 1. The van der Waals surface area contributed by atoms with Crippen molar-refractivity contribution in [2.45, 2.75) is 19.9 Å². The van der Waals surface area contributed by atoms with Gasteiger partial charge in [-0.25, -0.2) is 0 Å². The second-order valence-corrected chi connectivity index (χ2v) is 8.46. The van der Waals surface area contributed by atoms with Crippen LogP contribution in [0.3, 0.4) is 0 Å². The molecule has 0 spiro atoms. The summed E-state index contributed by atoms with van der Waals surface area (Å²) in [7, 11) is 0. The number of amides is 1. The Kier molecular flexibility index (Phi) is 4.90. The highest BCUT2D eigenvalue weighted by Crippen LogP contribution is 2.42. The molecule has 1 unspecified atom stereocenters. The van der Waals surface area contributed by atoms with Gasteiger partial charge in [0.05, 0.1) is 28.5 Å². The summed E-state index contributed by atoms with van der Waals surface area (Å²) in [5.41, 5.74) is 0.428. The molecule has 11 heteroatoms. The van der Waals surface area contributed by atoms with Crippen LogP contribution in [0.5, 0.6) is 5.75 Å². The largest absolute Gasteiger partial charge is 0.494 e. The van der Waals surface area contributed by atoms with Crippen LogP contribution < -0.4 is 15.1 Å². The van der Waals surface area contributed by atoms with E-state index in [0.29, 0.717) is 33.4 Å². The maximum Gasteiger partial charge on any atom is 0.297 e. The van der Waals surface area contributed by atoms with E-state index in [9.17, 15) is 19.7 Å². The third-order valence-electron chi connectivity index (χ3n) is 5.30. The maximum atomic E-state index is 13.6. The van der Waals surface area contributed by atoms with Crippen LogP contribution in [-0.4, -0.2) is 27.6 Å². The Morgan fingerprint density at radius 3 is 2.58 bits per heavy atom. The molecule has 0 saturated carbocycles. The summed E-state index contributed by atoms with van der Waals surface area (Å²) in [6.07, 6.45) is 0. The van der Waals surface area contributed by atoms with Gasteiger partial charge in [-0.15, -0.1) is 10.2 Å². The molecule has 0 bridgehead atoms. The number of carbonyl (C=O) groups excluding carboxylic acids is 1. The lowest BCUT2D eigenvalue weighted by molar-refractivity contribution is -0.384. The van der Waals surface area contributed by atoms with Gasteiger partial charge < -0.3 is 9.15 Å². The molecule has 33 heavy (non-hydrogen) atoms. The third-order valence-corrected chi connectivity index (χ3v) is 6.13. The van der Waals surface area contributed by atoms with E-state index in [1.54, 1.807) is 25.1 Å². The summed E-state index contributed by atoms with van der Waals surface area (Å²) in [5.74, 6) is -0.121. The minimum atomic E-state index is -0.868. The van der Waals surface area contributed by atoms with Gasteiger partial charge in [-0.05, 0) is 43.7 Å². The predicted molar refractivity (Wildman–Crippen MR) is 120 cm³/mol. The topological polar surface area (TPSA) is 129 Å². The van der Waals surface area contributed by atoms with Crippen LogP contribution in [0.15, 0.2) is 51.7 Å². The highest BCUT2D eigenvalue weighted by molar-refractivity contribution is 7.15. The standard InChI is InChI=1S/C22H16N4O6S/c1-3-31-14-8-9-15-16(10-14)32-20-17(19(15)27)18(12-4-6-13(7-5-12)26(29)30)25(21(20)28)22-24-23-11(2)33-22/h4-10,18H,3H2,1-2H3. The molecular weight excluding hydrogens is 448 g/mol. The van der Waals surface area contributed by atoms with Crippen LogP contribution in [-0.2, 0) is 0 Å². The fourth-order valence-electron chi connectivity index (χ4n) is 3.88. The molecule has 2 aromatic heterocycles. The van der Waals surface area contributed by atoms with E-state index in [1.165, 1.54) is 40.5 Å². The van der Waals surface area contributed by atoms with Crippen molar-refractivity contribution in [1.29, 1.82) is 0 Å². The quantitative estimate of drug-likeness (QED) is 0.320. The predicted octanol–water partition coefficient (Wildman–Crippen LogP) is 4.01. The van der Waals surface area contributed by atoms with E-state index in [0.717, 1.165) is 0 Å². The second-order valence-electron chi connectivity index (χ2n) is 7.29. The third kappa shape index (κ3) is 3.33. The van der Waals surface area contributed by atoms with Gasteiger partial charge in [0.15, 0.2) is 5.43 Å². The molecule has 166 valence electrons. The number of nitro groups is 1. The lowest BCUT2D eigenvalue weighted by atomic mass is 9.98. The zero-order chi connectivity index (χ0) is 23.3. The van der Waals surface area contributed by atoms with E-state index in [2.05, 4.69) is 10.2 Å². The Balaban J connectivity index is 1.75. The van der Waals surface area contributed by atoms with Gasteiger partial charge in [0.1, 0.15) is 16.3 Å². The van der Waals surface area contributed by atoms with Crippen LogP contribution in [0.4, 0.5) is 10.8 Å². The number of non-ortho nitro benzene ring substituents is 1. The van der Waals surface area contributed by atoms with Crippen molar-refractivity contribution in [3.63, 3.8) is 0 Å². The molecule has 2 aromatic carbocycles. The lowest BCUT2D eigenvalue weighted by Crippen LogP contribution is -2.29. The summed E-state index contributed by atoms with van der Waals surface area (Å²) in [6, 6.07) is 9.68. The van der Waals surface area contributed by atoms with Gasteiger partial charge in [-0.1, -0.05) is 11.3 Å². The fourth-order valence-corrected chi connectivity index (χ4v) is 4.60. The molecule has 1 aliphatic rings. The second kappa shape index (κ2) is 7.78. The number of benzene rings is 2. The molecule has 1 atom stereocenters. The minimum absolute atomic E-state index is 0.0997. The van der Waals surface area contributed by atoms with E-state index in [-0.39, 0.29) is 28.0 Å². The van der Waals surface area contributed by atoms with E-state index in [4.69, 9.17) is 9.15 Å². The molecule has 0 fully saturated rings. The van der Waals surface area contributed by atoms with Crippen LogP contribution in [0.2, 0.25) is 0 Å². The average Bonchev–Trinajstić information content (AvgIpc) is 3.35. The number of nitro benzene ring substituents is 1. The monoisotopic (exact) mass is 464 g/mol. The number of ether oxygens (including phenoxy) is 1. The van der Waals surface area contributed by atoms with Crippen molar-refractivity contribution >= 4 is 39.0 Å². The number of fused-ring (bicyclic) bond motifs is 2. The molecule has 4 aromatic rings. The molecule has 5 rings (SSSR count). The van der Waals surface area contributed by atoms with Crippen molar-refractivity contribution in [2.75, 3.05) is 11.5 Å². The Morgan fingerprint density at radius 1 is 1.18 bits per heavy atom. The van der Waals surface area contributed by atoms with Crippen LogP contribution in [0.25, 0.3) is 11.0 Å². The van der Waals surface area contributed by atoms with Crippen molar-refractivity contribution in [3.05, 3.63) is 84.7 Å². The number of aryl methyl sites for hydroxylation is 1. The van der Waals surface area contributed by atoms with Crippen molar-refractivity contribution in [1.82, 2.24) is 10.2 Å². The Bertz CT molecular complexity index is 1480. The number of hydrogen-bond acceptors (Lipinski definition) is 9. The molecule has 0 radical (unpaired) electrons. The molecule has 3 heterocycles. The number of hydrogen-bond donors (Lipinski definition) is 0. The van der Waals surface area contributed by atoms with E-state index >= 15 is 0 Å². The first-order valence-corrected chi connectivity index (χ1v) is 10.8. The van der Waals surface area contributed by atoms with Crippen molar-refractivity contribution < 1.29 is 18.9 Å². The molecule has 1 aliphatic heterocycles. The molecule has 10 nitrogen and oxygen atoms in total. The normalized spacial score (nSPS) is 15.2. The summed E-state index contributed by atoms with van der Waals surface area (Å²) < 4.78 is 11.4. The summed E-state index contributed by atoms with van der Waals surface area (Å²) in [6.45, 7) is 4.03. The average molecular weight is 464 g/mol. The SMILES string of the molecule is CCOc1ccc2c(=O)c3c(oc2c1)C(=O)N(c1nnc(C)s1)C3c1ccc([N+](=O)[O-])cc1. The first-order valence-electron chi connectivity index (χ1n) is 10.0. The van der Waals surface area contributed by atoms with Crippen LogP contribution >= 0.6 is 11.3 Å². The minimum Gasteiger partial charge on any atom is -0.494 e. The van der Waals surface area contributed by atoms with E-state index < -0.39 is 16.9 Å². The van der Waals surface area contributed by atoms with Gasteiger partial charge in [0.25, 0.3) is 11.6 Å². The summed E-state index contributed by atoms with van der Waals surface area (Å²) >= 11 is 1.20. The zero-order valence-corrected chi connectivity index (χ0v) is 18.3. The number of nitrogens with zero attached hydrogens (tertiary/aromatic N) is 4. The van der Waals surface area contributed by atoms with Crippen molar-refractivity contribution in [2.24, 2.45) is 0 Å². The number of rotatable bonds is 5. The molecule has 0 saturated heterocycles. The zero-order valence-electron chi connectivity index (χ0n) is 17.5. The summed E-state index contributed by atoms with van der Waals surface area (Å²) in [5, 5.41) is 20.4. The first-order chi connectivity index (χ1) is 15.9. The molecule has 0 N–H and O–H groups in total. The van der Waals surface area contributed by atoms with Crippen LogP contribution in [0.1, 0.15) is 39.7 Å². The number of aromatic nitrogens is 2. The van der Waals surface area contributed by atoms with Crippen molar-refractivity contribution in [3.8, 4) is 5.75 Å². The van der Waals surface area contributed by atoms with Gasteiger partial charge in [-0.3, -0.25) is 24.6 Å². The maximum absolute atomic E-state index is 13.6. The molecule has 0 aliphatic carbocycles. The van der Waals surface area contributed by atoms with Gasteiger partial charge >= 0.3 is 0 Å². The highest BCUT2D eigenvalue weighted by Gasteiger charge is 2.45. The Hall–Kier alpha value is -4.12. The lowest BCUT2D eigenvalue weighted by Gasteiger charge is -2.21. The van der Waals surface area contributed by atoms with Crippen LogP contribution in [0, 0.1) is 17.0 Å². The van der Waals surface area contributed by atoms with E-state index in [1.807, 2.05) is 6.92 Å². The Morgan fingerprint density at radius 2 is 1.94 bits per heavy atom. The summed E-state index contributed by atoms with van der Waals surface area (Å²) in [4.78, 5) is 39.0. The first kappa shape index (κ1) is 20.8. The van der Waals surface area contributed by atoms with Gasteiger partial charge in [0, 0.05) is 18.2 Å². The smallest absolute Gasteiger partial charge is 0.297 e. The highest BCUT2D eigenvalue weighted by atomic mass is 32.1. The molecule has 1 amide bonds. The Labute approximate surface area is 190 Å².